The van der Waals surface area contributed by atoms with Crippen molar-refractivity contribution in [1.29, 1.82) is 0 Å². The Morgan fingerprint density at radius 3 is 2.12 bits per heavy atom. The van der Waals surface area contributed by atoms with E-state index in [2.05, 4.69) is 0 Å². The fourth-order valence-electron chi connectivity index (χ4n) is 2.91. The normalized spacial score (nSPS) is 36.1. The van der Waals surface area contributed by atoms with E-state index < -0.39 is 54.6 Å². The molecule has 0 amide bonds. The van der Waals surface area contributed by atoms with Crippen LogP contribution in [0.15, 0.2) is 0 Å². The summed E-state index contributed by atoms with van der Waals surface area (Å²) < 4.78 is 38.2. The van der Waals surface area contributed by atoms with Crippen LogP contribution in [0.4, 0.5) is 0 Å². The quantitative estimate of drug-likeness (QED) is 0.472. The molecular weight excluding hydrogens is 352 g/mol. The summed E-state index contributed by atoms with van der Waals surface area (Å²) in [5, 5.41) is 0. The second-order valence-electron chi connectivity index (χ2n) is 5.99. The van der Waals surface area contributed by atoms with Gasteiger partial charge in [0.25, 0.3) is 5.97 Å². The highest BCUT2D eigenvalue weighted by Gasteiger charge is 2.59. The molecule has 6 atom stereocenters. The van der Waals surface area contributed by atoms with Gasteiger partial charge in [-0.2, -0.15) is 0 Å². The van der Waals surface area contributed by atoms with Crippen molar-refractivity contribution in [1.82, 2.24) is 0 Å². The van der Waals surface area contributed by atoms with Crippen molar-refractivity contribution in [3.05, 3.63) is 0 Å². The van der Waals surface area contributed by atoms with Crippen LogP contribution in [0.1, 0.15) is 34.6 Å². The van der Waals surface area contributed by atoms with Crippen molar-refractivity contribution in [2.75, 3.05) is 13.2 Å². The van der Waals surface area contributed by atoms with Crippen LogP contribution >= 0.6 is 0 Å². The summed E-state index contributed by atoms with van der Waals surface area (Å²) in [4.78, 5) is 34.2. The highest BCUT2D eigenvalue weighted by molar-refractivity contribution is 5.67. The predicted octanol–water partition coefficient (Wildman–Crippen LogP) is 0.263. The summed E-state index contributed by atoms with van der Waals surface area (Å²) in [6.45, 7) is 7.04. The molecule has 1 unspecified atom stereocenters. The Morgan fingerprint density at radius 2 is 1.58 bits per heavy atom. The Bertz CT molecular complexity index is 549. The summed E-state index contributed by atoms with van der Waals surface area (Å²) in [5.41, 5.74) is 0. The SMILES string of the molecule is CCOC1(C)O[C@H]2O[C@H](COC(C)=O)[C@H](OC(C)=O)[C@H](OC(C)=O)[C@H]2O1. The Labute approximate surface area is 150 Å². The highest BCUT2D eigenvalue weighted by atomic mass is 16.9. The molecule has 2 rings (SSSR count). The van der Waals surface area contributed by atoms with Gasteiger partial charge in [-0.25, -0.2) is 0 Å². The van der Waals surface area contributed by atoms with E-state index in [0.717, 1.165) is 0 Å². The number of rotatable bonds is 6. The first-order valence-corrected chi connectivity index (χ1v) is 8.28. The molecule has 148 valence electrons. The maximum atomic E-state index is 11.6. The molecule has 0 aliphatic carbocycles. The van der Waals surface area contributed by atoms with Gasteiger partial charge in [-0.05, 0) is 6.92 Å². The number of hydrogen-bond donors (Lipinski definition) is 0. The Morgan fingerprint density at radius 1 is 0.962 bits per heavy atom. The summed E-state index contributed by atoms with van der Waals surface area (Å²) in [6.07, 6.45) is -4.86. The summed E-state index contributed by atoms with van der Waals surface area (Å²) >= 11 is 0. The lowest BCUT2D eigenvalue weighted by Crippen LogP contribution is -2.60. The van der Waals surface area contributed by atoms with E-state index in [0.29, 0.717) is 6.61 Å². The maximum absolute atomic E-state index is 11.6. The summed E-state index contributed by atoms with van der Waals surface area (Å²) in [6, 6.07) is 0. The molecule has 10 nitrogen and oxygen atoms in total. The Balaban J connectivity index is 2.29. The number of carbonyl (C=O) groups excluding carboxylic acids is 3. The second kappa shape index (κ2) is 8.30. The van der Waals surface area contributed by atoms with Gasteiger partial charge in [0.15, 0.2) is 24.6 Å². The molecule has 2 aliphatic rings. The molecule has 2 saturated heterocycles. The topological polar surface area (TPSA) is 116 Å². The van der Waals surface area contributed by atoms with Crippen LogP contribution in [0.25, 0.3) is 0 Å². The van der Waals surface area contributed by atoms with Crippen molar-refractivity contribution >= 4 is 17.9 Å². The standard InChI is InChI=1S/C16H24O10/c1-6-21-16(5)25-14-13(23-10(4)19)12(22-9(3)18)11(7-20-8(2)17)24-15(14)26-16/h11-15H,6-7H2,1-5H3/t11-,12+,13+,14-,15-,16?/m1/s1. The van der Waals surface area contributed by atoms with Crippen molar-refractivity contribution < 1.29 is 47.5 Å². The van der Waals surface area contributed by atoms with E-state index in [-0.39, 0.29) is 6.61 Å². The van der Waals surface area contributed by atoms with E-state index in [4.69, 9.17) is 33.2 Å². The van der Waals surface area contributed by atoms with E-state index >= 15 is 0 Å². The number of fused-ring (bicyclic) bond motifs is 1. The van der Waals surface area contributed by atoms with Crippen molar-refractivity contribution in [2.24, 2.45) is 0 Å². The number of ether oxygens (including phenoxy) is 7. The lowest BCUT2D eigenvalue weighted by atomic mass is 9.98. The fourth-order valence-corrected chi connectivity index (χ4v) is 2.91. The van der Waals surface area contributed by atoms with E-state index in [1.165, 1.54) is 20.8 Å². The van der Waals surface area contributed by atoms with Gasteiger partial charge in [0.1, 0.15) is 12.7 Å². The third-order valence-electron chi connectivity index (χ3n) is 3.73. The number of hydrogen-bond acceptors (Lipinski definition) is 10. The van der Waals surface area contributed by atoms with Gasteiger partial charge in [0.05, 0.1) is 0 Å². The summed E-state index contributed by atoms with van der Waals surface area (Å²) in [7, 11) is 0. The van der Waals surface area contributed by atoms with E-state index in [1.807, 2.05) is 0 Å². The molecule has 10 heteroatoms. The fraction of sp³-hybridized carbons (Fsp3) is 0.812. The van der Waals surface area contributed by atoms with Gasteiger partial charge < -0.3 is 28.4 Å². The highest BCUT2D eigenvalue weighted by Crippen LogP contribution is 2.39. The molecule has 2 heterocycles. The van der Waals surface area contributed by atoms with Crippen LogP contribution in [0.3, 0.4) is 0 Å². The minimum absolute atomic E-state index is 0.219. The third-order valence-corrected chi connectivity index (χ3v) is 3.73. The zero-order chi connectivity index (χ0) is 19.5. The van der Waals surface area contributed by atoms with Crippen LogP contribution in [0.2, 0.25) is 0 Å². The van der Waals surface area contributed by atoms with Gasteiger partial charge in [-0.3, -0.25) is 19.1 Å². The van der Waals surface area contributed by atoms with Gasteiger partial charge in [-0.1, -0.05) is 0 Å². The molecule has 0 aromatic rings. The van der Waals surface area contributed by atoms with E-state index in [1.54, 1.807) is 13.8 Å². The lowest BCUT2D eigenvalue weighted by molar-refractivity contribution is -0.342. The van der Waals surface area contributed by atoms with Crippen molar-refractivity contribution in [3.8, 4) is 0 Å². The molecule has 0 aromatic carbocycles. The second-order valence-corrected chi connectivity index (χ2v) is 5.99. The molecule has 0 spiro atoms. The maximum Gasteiger partial charge on any atom is 0.303 e. The summed E-state index contributed by atoms with van der Waals surface area (Å²) in [5.74, 6) is -3.18. The minimum atomic E-state index is -1.42. The minimum Gasteiger partial charge on any atom is -0.463 e. The number of esters is 3. The lowest BCUT2D eigenvalue weighted by Gasteiger charge is -2.40. The molecule has 26 heavy (non-hydrogen) atoms. The molecule has 0 N–H and O–H groups in total. The Kier molecular flexibility index (Phi) is 6.56. The Hall–Kier alpha value is -1.75. The van der Waals surface area contributed by atoms with Crippen LogP contribution in [-0.2, 0) is 47.5 Å². The third kappa shape index (κ3) is 4.91. The first-order valence-electron chi connectivity index (χ1n) is 8.28. The monoisotopic (exact) mass is 376 g/mol. The average molecular weight is 376 g/mol. The molecule has 2 aliphatic heterocycles. The molecule has 0 radical (unpaired) electrons. The smallest absolute Gasteiger partial charge is 0.303 e. The largest absolute Gasteiger partial charge is 0.463 e. The van der Waals surface area contributed by atoms with Gasteiger partial charge in [-0.15, -0.1) is 0 Å². The van der Waals surface area contributed by atoms with Gasteiger partial charge in [0, 0.05) is 34.3 Å². The van der Waals surface area contributed by atoms with E-state index in [9.17, 15) is 14.4 Å². The molecule has 0 bridgehead atoms. The first kappa shape index (κ1) is 20.6. The van der Waals surface area contributed by atoms with Gasteiger partial charge in [0.2, 0.25) is 0 Å². The molecular formula is C16H24O10. The zero-order valence-corrected chi connectivity index (χ0v) is 15.4. The van der Waals surface area contributed by atoms with Crippen LogP contribution in [0, 0.1) is 0 Å². The van der Waals surface area contributed by atoms with Crippen LogP contribution in [-0.4, -0.2) is 67.8 Å². The number of carbonyl (C=O) groups is 3. The zero-order valence-electron chi connectivity index (χ0n) is 15.4. The van der Waals surface area contributed by atoms with Crippen molar-refractivity contribution in [2.45, 2.75) is 71.3 Å². The van der Waals surface area contributed by atoms with Gasteiger partial charge >= 0.3 is 17.9 Å². The molecule has 2 fully saturated rings. The molecule has 0 saturated carbocycles. The van der Waals surface area contributed by atoms with Crippen LogP contribution in [0.5, 0.6) is 0 Å². The first-order chi connectivity index (χ1) is 12.1. The predicted molar refractivity (Wildman–Crippen MR) is 82.4 cm³/mol. The van der Waals surface area contributed by atoms with Crippen molar-refractivity contribution in [3.63, 3.8) is 0 Å². The molecule has 0 aromatic heterocycles. The van der Waals surface area contributed by atoms with Crippen LogP contribution < -0.4 is 0 Å². The average Bonchev–Trinajstić information content (AvgIpc) is 2.83.